The van der Waals surface area contributed by atoms with Crippen LogP contribution in [0.15, 0.2) is 47.8 Å². The van der Waals surface area contributed by atoms with Crippen molar-refractivity contribution < 1.29 is 9.00 Å². The van der Waals surface area contributed by atoms with Crippen LogP contribution in [0.2, 0.25) is 0 Å². The number of hydrogen-bond acceptors (Lipinski definition) is 3. The van der Waals surface area contributed by atoms with E-state index in [2.05, 4.69) is 10.6 Å². The summed E-state index contributed by atoms with van der Waals surface area (Å²) in [5.41, 5.74) is 0.948. The van der Waals surface area contributed by atoms with E-state index in [0.717, 1.165) is 10.6 Å². The highest BCUT2D eigenvalue weighted by atomic mass is 32.2. The number of urea groups is 1. The predicted molar refractivity (Wildman–Crippen MR) is 84.6 cm³/mol. The van der Waals surface area contributed by atoms with Crippen molar-refractivity contribution >= 4 is 33.2 Å². The number of nitrogens with one attached hydrogen (secondary N) is 2. The van der Waals surface area contributed by atoms with Crippen molar-refractivity contribution in [2.45, 2.75) is 6.04 Å². The summed E-state index contributed by atoms with van der Waals surface area (Å²) >= 11 is 1.46. The molecule has 0 radical (unpaired) electrons. The summed E-state index contributed by atoms with van der Waals surface area (Å²) in [5, 5.41) is 8.31. The molecule has 0 spiro atoms. The summed E-state index contributed by atoms with van der Waals surface area (Å²) in [6.07, 6.45) is 1.63. The molecule has 20 heavy (non-hydrogen) atoms. The lowest BCUT2D eigenvalue weighted by molar-refractivity contribution is 0.249. The van der Waals surface area contributed by atoms with Gasteiger partial charge in [0, 0.05) is 22.8 Å². The summed E-state index contributed by atoms with van der Waals surface area (Å²) in [6, 6.07) is 12.7. The maximum atomic E-state index is 12.0. The molecule has 1 heterocycles. The second kappa shape index (κ2) is 7.21. The predicted octanol–water partition coefficient (Wildman–Crippen LogP) is 2.99. The van der Waals surface area contributed by atoms with Gasteiger partial charge in [-0.25, -0.2) is 4.79 Å². The minimum Gasteiger partial charge on any atom is -0.330 e. The normalized spacial score (nSPS) is 13.4. The first-order chi connectivity index (χ1) is 9.65. The quantitative estimate of drug-likeness (QED) is 0.892. The zero-order valence-corrected chi connectivity index (χ0v) is 12.7. The van der Waals surface area contributed by atoms with E-state index in [1.165, 1.54) is 11.3 Å². The van der Waals surface area contributed by atoms with Gasteiger partial charge in [-0.1, -0.05) is 30.3 Å². The molecule has 0 saturated heterocycles. The zero-order chi connectivity index (χ0) is 14.4. The molecule has 2 amide bonds. The van der Waals surface area contributed by atoms with Crippen LogP contribution in [0.1, 0.15) is 11.6 Å². The van der Waals surface area contributed by atoms with Crippen LogP contribution in [-0.4, -0.2) is 22.2 Å². The van der Waals surface area contributed by atoms with Gasteiger partial charge in [-0.3, -0.25) is 9.53 Å². The maximum Gasteiger partial charge on any atom is 0.320 e. The first kappa shape index (κ1) is 14.7. The van der Waals surface area contributed by atoms with Crippen molar-refractivity contribution in [3.63, 3.8) is 0 Å². The van der Waals surface area contributed by atoms with Crippen LogP contribution in [-0.2, 0) is 10.8 Å². The summed E-state index contributed by atoms with van der Waals surface area (Å²) < 4.78 is 11.5. The van der Waals surface area contributed by atoms with E-state index in [-0.39, 0.29) is 12.1 Å². The molecule has 0 fully saturated rings. The van der Waals surface area contributed by atoms with Crippen molar-refractivity contribution in [1.29, 1.82) is 0 Å². The van der Waals surface area contributed by atoms with E-state index in [4.69, 9.17) is 0 Å². The first-order valence-corrected chi connectivity index (χ1v) is 8.72. The largest absolute Gasteiger partial charge is 0.330 e. The third-order valence-corrected chi connectivity index (χ3v) is 4.25. The molecule has 0 bridgehead atoms. The van der Waals surface area contributed by atoms with Crippen LogP contribution in [0.25, 0.3) is 0 Å². The number of carbonyl (C=O) groups is 1. The molecular weight excluding hydrogens is 292 g/mol. The Hall–Kier alpha value is -1.66. The van der Waals surface area contributed by atoms with Crippen molar-refractivity contribution in [1.82, 2.24) is 5.32 Å². The second-order valence-electron chi connectivity index (χ2n) is 4.28. The summed E-state index contributed by atoms with van der Waals surface area (Å²) in [7, 11) is -0.991. The minimum absolute atomic E-state index is 0.262. The highest BCUT2D eigenvalue weighted by molar-refractivity contribution is 7.84. The van der Waals surface area contributed by atoms with E-state index >= 15 is 0 Å². The molecule has 2 N–H and O–H groups in total. The van der Waals surface area contributed by atoms with Crippen LogP contribution >= 0.6 is 11.3 Å². The van der Waals surface area contributed by atoms with Crippen molar-refractivity contribution in [3.8, 4) is 0 Å². The molecule has 6 heteroatoms. The monoisotopic (exact) mass is 308 g/mol. The highest BCUT2D eigenvalue weighted by Gasteiger charge is 2.16. The van der Waals surface area contributed by atoms with Gasteiger partial charge in [0.2, 0.25) is 0 Å². The summed E-state index contributed by atoms with van der Waals surface area (Å²) in [5.74, 6) is 0.391. The van der Waals surface area contributed by atoms with E-state index in [1.54, 1.807) is 6.26 Å². The number of anilines is 1. The molecule has 1 aromatic carbocycles. The van der Waals surface area contributed by atoms with Crippen molar-refractivity contribution in [2.24, 2.45) is 0 Å². The minimum atomic E-state index is -0.991. The highest BCUT2D eigenvalue weighted by Crippen LogP contribution is 2.17. The lowest BCUT2D eigenvalue weighted by Gasteiger charge is -2.18. The Morgan fingerprint density at radius 3 is 2.60 bits per heavy atom. The second-order valence-corrected chi connectivity index (χ2v) is 6.71. The van der Waals surface area contributed by atoms with Gasteiger partial charge in [0.15, 0.2) is 0 Å². The lowest BCUT2D eigenvalue weighted by Crippen LogP contribution is -2.35. The van der Waals surface area contributed by atoms with Gasteiger partial charge in [0.1, 0.15) is 0 Å². The SMILES string of the molecule is C[S@@](=O)C[C@H](NC(=O)Nc1cccs1)c1ccccc1. The lowest BCUT2D eigenvalue weighted by atomic mass is 10.1. The third kappa shape index (κ3) is 4.47. The van der Waals surface area contributed by atoms with Crippen LogP contribution in [0.4, 0.5) is 9.80 Å². The molecule has 106 valence electrons. The fourth-order valence-electron chi connectivity index (χ4n) is 1.80. The zero-order valence-electron chi connectivity index (χ0n) is 11.0. The molecule has 2 atom stereocenters. The number of thiophene rings is 1. The van der Waals surface area contributed by atoms with Gasteiger partial charge in [0.25, 0.3) is 0 Å². The maximum absolute atomic E-state index is 12.0. The fraction of sp³-hybridized carbons (Fsp3) is 0.214. The number of hydrogen-bond donors (Lipinski definition) is 2. The van der Waals surface area contributed by atoms with Crippen molar-refractivity contribution in [3.05, 3.63) is 53.4 Å². The molecule has 2 aromatic rings. The smallest absolute Gasteiger partial charge is 0.320 e. The first-order valence-electron chi connectivity index (χ1n) is 6.11. The van der Waals surface area contributed by atoms with Gasteiger partial charge >= 0.3 is 6.03 Å². The molecule has 0 unspecified atom stereocenters. The fourth-order valence-corrected chi connectivity index (χ4v) is 3.15. The molecular formula is C14H16N2O2S2. The van der Waals surface area contributed by atoms with Crippen molar-refractivity contribution in [2.75, 3.05) is 17.3 Å². The Morgan fingerprint density at radius 1 is 1.25 bits per heavy atom. The number of benzene rings is 1. The standard InChI is InChI=1S/C14H16N2O2S2/c1-20(18)10-12(11-6-3-2-4-7-11)15-14(17)16-13-8-5-9-19-13/h2-9,12H,10H2,1H3,(H2,15,16,17)/t12-,20+/m0/s1. The molecule has 1 aromatic heterocycles. The van der Waals surface area contributed by atoms with E-state index in [9.17, 15) is 9.00 Å². The average molecular weight is 308 g/mol. The Kier molecular flexibility index (Phi) is 5.31. The van der Waals surface area contributed by atoms with E-state index in [0.29, 0.717) is 5.75 Å². The van der Waals surface area contributed by atoms with Gasteiger partial charge in [-0.05, 0) is 23.1 Å². The van der Waals surface area contributed by atoms with Crippen LogP contribution in [0, 0.1) is 0 Å². The van der Waals surface area contributed by atoms with Gasteiger partial charge in [0.05, 0.1) is 11.0 Å². The van der Waals surface area contributed by atoms with Gasteiger partial charge in [-0.2, -0.15) is 0 Å². The van der Waals surface area contributed by atoms with Crippen LogP contribution in [0.5, 0.6) is 0 Å². The summed E-state index contributed by atoms with van der Waals surface area (Å²) in [4.78, 5) is 12.0. The van der Waals surface area contributed by atoms with Gasteiger partial charge in [-0.15, -0.1) is 11.3 Å². The molecule has 2 rings (SSSR count). The molecule has 0 aliphatic carbocycles. The third-order valence-electron chi connectivity index (χ3n) is 2.67. The Morgan fingerprint density at radius 2 is 2.00 bits per heavy atom. The van der Waals surface area contributed by atoms with E-state index in [1.807, 2.05) is 47.8 Å². The van der Waals surface area contributed by atoms with Crippen LogP contribution < -0.4 is 10.6 Å². The summed E-state index contributed by atoms with van der Waals surface area (Å²) in [6.45, 7) is 0. The topological polar surface area (TPSA) is 58.2 Å². The van der Waals surface area contributed by atoms with E-state index < -0.39 is 10.8 Å². The number of carbonyl (C=O) groups excluding carboxylic acids is 1. The Labute approximate surface area is 124 Å². The van der Waals surface area contributed by atoms with Crippen LogP contribution in [0.3, 0.4) is 0 Å². The molecule has 0 aliphatic rings. The molecule has 4 nitrogen and oxygen atoms in total. The Bertz CT molecular complexity index is 570. The molecule has 0 aliphatic heterocycles. The Balaban J connectivity index is 2.04. The average Bonchev–Trinajstić information content (AvgIpc) is 2.91. The number of rotatable bonds is 5. The molecule has 0 saturated carbocycles. The van der Waals surface area contributed by atoms with Gasteiger partial charge < -0.3 is 5.32 Å². The number of amides is 2.